The van der Waals surface area contributed by atoms with Crippen molar-refractivity contribution in [3.05, 3.63) is 95.1 Å². The van der Waals surface area contributed by atoms with Gasteiger partial charge in [-0.05, 0) is 53.4 Å². The second-order valence-corrected chi connectivity index (χ2v) is 7.88. The fourth-order valence-electron chi connectivity index (χ4n) is 3.05. The van der Waals surface area contributed by atoms with E-state index in [1.165, 1.54) is 42.5 Å². The summed E-state index contributed by atoms with van der Waals surface area (Å²) in [5.41, 5.74) is 1.05. The third-order valence-electron chi connectivity index (χ3n) is 4.57. The summed E-state index contributed by atoms with van der Waals surface area (Å²) in [6.07, 6.45) is 0. The van der Waals surface area contributed by atoms with Crippen LogP contribution >= 0.6 is 0 Å². The molecule has 0 aliphatic carbocycles. The van der Waals surface area contributed by atoms with Gasteiger partial charge in [-0.1, -0.05) is 45.0 Å². The normalized spacial score (nSPS) is 11.1. The SMILES string of the molecule is CC(C)(C)c1ccccc1NC(=O)c1cccc(C(=O)Nc2ccc(F)cc2)c1F. The highest BCUT2D eigenvalue weighted by Crippen LogP contribution is 2.29. The van der Waals surface area contributed by atoms with Crippen LogP contribution in [0.25, 0.3) is 0 Å². The Labute approximate surface area is 173 Å². The topological polar surface area (TPSA) is 58.2 Å². The van der Waals surface area contributed by atoms with Gasteiger partial charge < -0.3 is 10.6 Å². The van der Waals surface area contributed by atoms with Gasteiger partial charge in [0, 0.05) is 11.4 Å². The highest BCUT2D eigenvalue weighted by molar-refractivity contribution is 6.09. The molecule has 0 heterocycles. The minimum atomic E-state index is -0.928. The average molecular weight is 408 g/mol. The third kappa shape index (κ3) is 4.71. The Balaban J connectivity index is 1.85. The molecule has 2 amide bonds. The molecule has 2 N–H and O–H groups in total. The van der Waals surface area contributed by atoms with Crippen LogP contribution in [0.1, 0.15) is 47.1 Å². The molecule has 0 aliphatic heterocycles. The predicted molar refractivity (Wildman–Crippen MR) is 114 cm³/mol. The molecule has 0 aliphatic rings. The van der Waals surface area contributed by atoms with Crippen molar-refractivity contribution < 1.29 is 18.4 Å². The molecule has 0 saturated heterocycles. The van der Waals surface area contributed by atoms with Crippen molar-refractivity contribution in [2.45, 2.75) is 26.2 Å². The van der Waals surface area contributed by atoms with Crippen molar-refractivity contribution in [3.8, 4) is 0 Å². The van der Waals surface area contributed by atoms with Crippen LogP contribution in [0.4, 0.5) is 20.2 Å². The van der Waals surface area contributed by atoms with Crippen LogP contribution in [-0.4, -0.2) is 11.8 Å². The third-order valence-corrected chi connectivity index (χ3v) is 4.57. The molecule has 154 valence electrons. The Hall–Kier alpha value is -3.54. The lowest BCUT2D eigenvalue weighted by Gasteiger charge is -2.23. The predicted octanol–water partition coefficient (Wildman–Crippen LogP) is 5.77. The van der Waals surface area contributed by atoms with Crippen LogP contribution in [-0.2, 0) is 5.41 Å². The summed E-state index contributed by atoms with van der Waals surface area (Å²) in [6.45, 7) is 6.04. The molecular weight excluding hydrogens is 386 g/mol. The average Bonchev–Trinajstić information content (AvgIpc) is 2.69. The van der Waals surface area contributed by atoms with Crippen molar-refractivity contribution in [1.82, 2.24) is 0 Å². The van der Waals surface area contributed by atoms with E-state index in [4.69, 9.17) is 0 Å². The quantitative estimate of drug-likeness (QED) is 0.576. The number of hydrogen-bond acceptors (Lipinski definition) is 2. The van der Waals surface area contributed by atoms with Gasteiger partial charge in [-0.2, -0.15) is 0 Å². The highest BCUT2D eigenvalue weighted by Gasteiger charge is 2.22. The van der Waals surface area contributed by atoms with Crippen LogP contribution < -0.4 is 10.6 Å². The molecule has 30 heavy (non-hydrogen) atoms. The molecule has 0 radical (unpaired) electrons. The number of rotatable bonds is 4. The van der Waals surface area contributed by atoms with Gasteiger partial charge in [0.25, 0.3) is 11.8 Å². The van der Waals surface area contributed by atoms with Crippen molar-refractivity contribution in [2.24, 2.45) is 0 Å². The highest BCUT2D eigenvalue weighted by atomic mass is 19.1. The molecule has 3 aromatic rings. The number of nitrogens with one attached hydrogen (secondary N) is 2. The standard InChI is InChI=1S/C24H22F2N2O2/c1-24(2,3)19-9-4-5-10-20(19)28-23(30)18-8-6-7-17(21(18)26)22(29)27-16-13-11-15(25)12-14-16/h4-14H,1-3H3,(H,27,29)(H,28,30). The lowest BCUT2D eigenvalue weighted by Crippen LogP contribution is -2.21. The van der Waals surface area contributed by atoms with Crippen molar-refractivity contribution in [2.75, 3.05) is 10.6 Å². The summed E-state index contributed by atoms with van der Waals surface area (Å²) in [5.74, 6) is -2.76. The second kappa shape index (κ2) is 8.45. The van der Waals surface area contributed by atoms with E-state index >= 15 is 0 Å². The summed E-state index contributed by atoms with van der Waals surface area (Å²) >= 11 is 0. The molecular formula is C24H22F2N2O2. The number of hydrogen-bond donors (Lipinski definition) is 2. The van der Waals surface area contributed by atoms with Crippen LogP contribution in [0.3, 0.4) is 0 Å². The zero-order valence-corrected chi connectivity index (χ0v) is 16.9. The van der Waals surface area contributed by atoms with Gasteiger partial charge in [-0.15, -0.1) is 0 Å². The van der Waals surface area contributed by atoms with Gasteiger partial charge in [0.1, 0.15) is 11.6 Å². The Bertz CT molecular complexity index is 1090. The summed E-state index contributed by atoms with van der Waals surface area (Å²) in [4.78, 5) is 25.2. The maximum absolute atomic E-state index is 15.0. The number of anilines is 2. The zero-order chi connectivity index (χ0) is 21.9. The largest absolute Gasteiger partial charge is 0.322 e. The van der Waals surface area contributed by atoms with Crippen molar-refractivity contribution in [1.29, 1.82) is 0 Å². The molecule has 0 atom stereocenters. The van der Waals surface area contributed by atoms with E-state index in [0.29, 0.717) is 11.4 Å². The zero-order valence-electron chi connectivity index (χ0n) is 16.9. The Morgan fingerprint density at radius 1 is 0.733 bits per heavy atom. The first-order valence-electron chi connectivity index (χ1n) is 9.43. The molecule has 0 aromatic heterocycles. The van der Waals surface area contributed by atoms with Gasteiger partial charge in [-0.3, -0.25) is 9.59 Å². The van der Waals surface area contributed by atoms with Gasteiger partial charge in [0.15, 0.2) is 0 Å². The number of carbonyl (C=O) groups is 2. The van der Waals surface area contributed by atoms with E-state index in [-0.39, 0.29) is 16.5 Å². The molecule has 0 bridgehead atoms. The van der Waals surface area contributed by atoms with Crippen LogP contribution in [0.5, 0.6) is 0 Å². The van der Waals surface area contributed by atoms with E-state index < -0.39 is 23.4 Å². The monoisotopic (exact) mass is 408 g/mol. The first-order chi connectivity index (χ1) is 14.2. The van der Waals surface area contributed by atoms with Crippen LogP contribution in [0.15, 0.2) is 66.7 Å². The van der Waals surface area contributed by atoms with Crippen LogP contribution in [0.2, 0.25) is 0 Å². The first-order valence-corrected chi connectivity index (χ1v) is 9.43. The van der Waals surface area contributed by atoms with Gasteiger partial charge in [-0.25, -0.2) is 8.78 Å². The molecule has 3 rings (SSSR count). The van der Waals surface area contributed by atoms with Crippen LogP contribution in [0, 0.1) is 11.6 Å². The Kier molecular flexibility index (Phi) is 5.96. The smallest absolute Gasteiger partial charge is 0.258 e. The lowest BCUT2D eigenvalue weighted by atomic mass is 9.86. The Morgan fingerprint density at radius 2 is 1.30 bits per heavy atom. The molecule has 0 saturated carbocycles. The lowest BCUT2D eigenvalue weighted by molar-refractivity contribution is 0.102. The molecule has 6 heteroatoms. The molecule has 0 fully saturated rings. The Morgan fingerprint density at radius 3 is 1.90 bits per heavy atom. The minimum absolute atomic E-state index is 0.223. The molecule has 0 spiro atoms. The molecule has 3 aromatic carbocycles. The molecule has 0 unspecified atom stereocenters. The number of amides is 2. The van der Waals surface area contributed by atoms with Crippen molar-refractivity contribution in [3.63, 3.8) is 0 Å². The molecule has 4 nitrogen and oxygen atoms in total. The number of para-hydroxylation sites is 1. The number of halogens is 2. The van der Waals surface area contributed by atoms with E-state index in [2.05, 4.69) is 10.6 Å². The number of carbonyl (C=O) groups excluding carboxylic acids is 2. The summed E-state index contributed by atoms with van der Waals surface area (Å²) < 4.78 is 28.0. The van der Waals surface area contributed by atoms with Gasteiger partial charge >= 0.3 is 0 Å². The van der Waals surface area contributed by atoms with E-state index in [0.717, 1.165) is 5.56 Å². The van der Waals surface area contributed by atoms with E-state index in [1.807, 2.05) is 32.9 Å². The van der Waals surface area contributed by atoms with Gasteiger partial charge in [0.05, 0.1) is 11.1 Å². The summed E-state index contributed by atoms with van der Waals surface area (Å²) in [7, 11) is 0. The first kappa shape index (κ1) is 21.2. The fourth-order valence-corrected chi connectivity index (χ4v) is 3.05. The maximum atomic E-state index is 15.0. The second-order valence-electron chi connectivity index (χ2n) is 7.88. The van der Waals surface area contributed by atoms with Gasteiger partial charge in [0.2, 0.25) is 0 Å². The fraction of sp³-hybridized carbons (Fsp3) is 0.167. The number of benzene rings is 3. The van der Waals surface area contributed by atoms with E-state index in [9.17, 15) is 18.4 Å². The maximum Gasteiger partial charge on any atom is 0.258 e. The van der Waals surface area contributed by atoms with Crippen molar-refractivity contribution >= 4 is 23.2 Å². The summed E-state index contributed by atoms with van der Waals surface area (Å²) in [6, 6.07) is 16.5. The summed E-state index contributed by atoms with van der Waals surface area (Å²) in [5, 5.41) is 5.24. The van der Waals surface area contributed by atoms with E-state index in [1.54, 1.807) is 12.1 Å². The minimum Gasteiger partial charge on any atom is -0.322 e.